The van der Waals surface area contributed by atoms with Crippen molar-refractivity contribution in [1.82, 2.24) is 0 Å². The molecule has 0 radical (unpaired) electrons. The molecule has 2 bridgehead atoms. The minimum absolute atomic E-state index is 0.0815. The summed E-state index contributed by atoms with van der Waals surface area (Å²) in [5.74, 6) is 4.40. The maximum atomic E-state index is 6.30. The number of rotatable bonds is 4. The van der Waals surface area contributed by atoms with Crippen LogP contribution in [0.15, 0.2) is 12.1 Å². The first kappa shape index (κ1) is 19.2. The number of hydrogen-bond donors (Lipinski definition) is 0. The summed E-state index contributed by atoms with van der Waals surface area (Å²) in [6.45, 7) is 3.11. The average Bonchev–Trinajstić information content (AvgIpc) is 3.38. The van der Waals surface area contributed by atoms with Gasteiger partial charge in [0.05, 0.1) is 41.2 Å². The van der Waals surface area contributed by atoms with Crippen molar-refractivity contribution in [3.8, 4) is 45.6 Å². The number of hydrogen-bond acceptors (Lipinski definition) is 7. The van der Waals surface area contributed by atoms with Crippen molar-refractivity contribution in [1.29, 1.82) is 0 Å². The van der Waals surface area contributed by atoms with Gasteiger partial charge in [-0.2, -0.15) is 0 Å². The van der Waals surface area contributed by atoms with E-state index in [9.17, 15) is 0 Å². The van der Waals surface area contributed by atoms with Gasteiger partial charge in [-0.1, -0.05) is 6.92 Å². The van der Waals surface area contributed by atoms with Crippen LogP contribution in [0, 0.1) is 11.8 Å². The molecule has 160 valence electrons. The summed E-state index contributed by atoms with van der Waals surface area (Å²) in [7, 11) is 6.52. The zero-order valence-electron chi connectivity index (χ0n) is 17.9. The molecule has 0 unspecified atom stereocenters. The molecule has 2 aromatic carbocycles. The predicted molar refractivity (Wildman–Crippen MR) is 109 cm³/mol. The molecule has 5 rings (SSSR count). The van der Waals surface area contributed by atoms with E-state index in [2.05, 4.69) is 13.0 Å². The Labute approximate surface area is 175 Å². The first-order chi connectivity index (χ1) is 14.6. The molecule has 3 atom stereocenters. The molecule has 0 saturated carbocycles. The standard InChI is InChI=1S/C23H26O7/c1-11-13-6-12-7-16-21(30-10-29-16)22(26-4)17(12)18-14(19(11)28-9-13)8-15(24-2)20(25-3)23(18)27-5/h7-8,11,13,19H,6,9-10H2,1-5H3/t11-,13-,19+/m0/s1. The van der Waals surface area contributed by atoms with Crippen LogP contribution in [0.25, 0.3) is 11.1 Å². The lowest BCUT2D eigenvalue weighted by Gasteiger charge is -2.30. The Bertz CT molecular complexity index is 1000. The third-order valence-electron chi connectivity index (χ3n) is 6.52. The van der Waals surface area contributed by atoms with Gasteiger partial charge in [-0.05, 0) is 41.5 Å². The molecule has 7 heteroatoms. The summed E-state index contributed by atoms with van der Waals surface area (Å²) in [4.78, 5) is 0. The van der Waals surface area contributed by atoms with Crippen LogP contribution < -0.4 is 28.4 Å². The number of benzene rings is 2. The Morgan fingerprint density at radius 2 is 1.63 bits per heavy atom. The van der Waals surface area contributed by atoms with Gasteiger partial charge in [0.25, 0.3) is 0 Å². The molecule has 0 amide bonds. The first-order valence-electron chi connectivity index (χ1n) is 10.1. The molecule has 0 spiro atoms. The third kappa shape index (κ3) is 2.54. The number of methoxy groups -OCH3 is 4. The van der Waals surface area contributed by atoms with Crippen molar-refractivity contribution >= 4 is 0 Å². The summed E-state index contributed by atoms with van der Waals surface area (Å²) in [5.41, 5.74) is 3.93. The lowest BCUT2D eigenvalue weighted by molar-refractivity contribution is 0.0935. The maximum Gasteiger partial charge on any atom is 0.231 e. The molecular formula is C23H26O7. The third-order valence-corrected chi connectivity index (χ3v) is 6.52. The van der Waals surface area contributed by atoms with Crippen LogP contribution in [0.2, 0.25) is 0 Å². The molecule has 1 aliphatic carbocycles. The topological polar surface area (TPSA) is 64.6 Å². The van der Waals surface area contributed by atoms with Crippen LogP contribution in [-0.4, -0.2) is 41.8 Å². The van der Waals surface area contributed by atoms with Gasteiger partial charge in [0.2, 0.25) is 18.3 Å². The highest BCUT2D eigenvalue weighted by Gasteiger charge is 2.43. The second-order valence-electron chi connectivity index (χ2n) is 7.86. The molecule has 3 aliphatic rings. The molecule has 1 fully saturated rings. The zero-order valence-corrected chi connectivity index (χ0v) is 17.9. The molecule has 2 aliphatic heterocycles. The van der Waals surface area contributed by atoms with Crippen LogP contribution >= 0.6 is 0 Å². The molecule has 2 aromatic rings. The normalized spacial score (nSPS) is 23.2. The van der Waals surface area contributed by atoms with Gasteiger partial charge in [-0.25, -0.2) is 0 Å². The zero-order chi connectivity index (χ0) is 21.0. The lowest BCUT2D eigenvalue weighted by Crippen LogP contribution is -2.18. The molecule has 1 saturated heterocycles. The van der Waals surface area contributed by atoms with E-state index in [1.165, 1.54) is 0 Å². The Kier molecular flexibility index (Phi) is 4.58. The fourth-order valence-electron chi connectivity index (χ4n) is 5.03. The van der Waals surface area contributed by atoms with Crippen molar-refractivity contribution in [3.05, 3.63) is 23.3 Å². The smallest absolute Gasteiger partial charge is 0.231 e. The van der Waals surface area contributed by atoms with Gasteiger partial charge >= 0.3 is 0 Å². The highest BCUT2D eigenvalue weighted by atomic mass is 16.7. The SMILES string of the molecule is COc1cc2c(c(OC)c1OC)-c1c(cc3c(c1OC)OCO3)C[C@H]1CO[C@@H]2[C@H]1C. The van der Waals surface area contributed by atoms with Gasteiger partial charge in [-0.15, -0.1) is 0 Å². The van der Waals surface area contributed by atoms with Crippen molar-refractivity contribution in [2.24, 2.45) is 11.8 Å². The Morgan fingerprint density at radius 1 is 0.867 bits per heavy atom. The van der Waals surface area contributed by atoms with Crippen molar-refractivity contribution < 1.29 is 33.2 Å². The number of ether oxygens (including phenoxy) is 7. The van der Waals surface area contributed by atoms with Crippen LogP contribution in [0.1, 0.15) is 24.2 Å². The summed E-state index contributed by atoms with van der Waals surface area (Å²) in [6.07, 6.45) is 0.763. The van der Waals surface area contributed by atoms with Crippen LogP contribution in [0.5, 0.6) is 34.5 Å². The maximum absolute atomic E-state index is 6.30. The summed E-state index contributed by atoms with van der Waals surface area (Å²) in [6, 6.07) is 4.06. The highest BCUT2D eigenvalue weighted by Crippen LogP contribution is 2.59. The van der Waals surface area contributed by atoms with Gasteiger partial charge in [0.1, 0.15) is 0 Å². The van der Waals surface area contributed by atoms with E-state index in [0.29, 0.717) is 52.9 Å². The molecule has 7 nitrogen and oxygen atoms in total. The summed E-state index contributed by atoms with van der Waals surface area (Å²) >= 11 is 0. The fraction of sp³-hybridized carbons (Fsp3) is 0.478. The molecule has 30 heavy (non-hydrogen) atoms. The molecule has 0 aromatic heterocycles. The quantitative estimate of drug-likeness (QED) is 0.749. The van der Waals surface area contributed by atoms with Gasteiger partial charge < -0.3 is 33.2 Å². The van der Waals surface area contributed by atoms with E-state index in [1.807, 2.05) is 6.07 Å². The van der Waals surface area contributed by atoms with Crippen molar-refractivity contribution in [2.45, 2.75) is 19.4 Å². The van der Waals surface area contributed by atoms with E-state index in [-0.39, 0.29) is 12.9 Å². The van der Waals surface area contributed by atoms with Crippen molar-refractivity contribution in [3.63, 3.8) is 0 Å². The summed E-state index contributed by atoms with van der Waals surface area (Å²) < 4.78 is 40.9. The minimum Gasteiger partial charge on any atom is -0.493 e. The first-order valence-corrected chi connectivity index (χ1v) is 10.1. The second-order valence-corrected chi connectivity index (χ2v) is 7.86. The Balaban J connectivity index is 1.92. The molecular weight excluding hydrogens is 388 g/mol. The minimum atomic E-state index is -0.0815. The fourth-order valence-corrected chi connectivity index (χ4v) is 5.03. The highest BCUT2D eigenvalue weighted by molar-refractivity contribution is 5.89. The predicted octanol–water partition coefficient (Wildman–Crippen LogP) is 4.00. The van der Waals surface area contributed by atoms with E-state index in [1.54, 1.807) is 28.4 Å². The Morgan fingerprint density at radius 3 is 2.33 bits per heavy atom. The van der Waals surface area contributed by atoms with Crippen molar-refractivity contribution in [2.75, 3.05) is 41.8 Å². The van der Waals surface area contributed by atoms with Crippen LogP contribution in [0.4, 0.5) is 0 Å². The second kappa shape index (κ2) is 7.16. The average molecular weight is 414 g/mol. The van der Waals surface area contributed by atoms with Crippen LogP contribution in [-0.2, 0) is 11.2 Å². The van der Waals surface area contributed by atoms with Gasteiger partial charge in [-0.3, -0.25) is 0 Å². The number of fused-ring (bicyclic) bond motifs is 7. The van der Waals surface area contributed by atoms with E-state index < -0.39 is 0 Å². The van der Waals surface area contributed by atoms with Gasteiger partial charge in [0.15, 0.2) is 23.0 Å². The van der Waals surface area contributed by atoms with E-state index in [4.69, 9.17) is 33.2 Å². The van der Waals surface area contributed by atoms with Crippen LogP contribution in [0.3, 0.4) is 0 Å². The van der Waals surface area contributed by atoms with Gasteiger partial charge in [0, 0.05) is 11.1 Å². The van der Waals surface area contributed by atoms with E-state index in [0.717, 1.165) is 28.7 Å². The molecule has 2 heterocycles. The molecule has 0 N–H and O–H groups in total. The van der Waals surface area contributed by atoms with E-state index >= 15 is 0 Å². The lowest BCUT2D eigenvalue weighted by atomic mass is 9.77. The summed E-state index contributed by atoms with van der Waals surface area (Å²) in [5, 5.41) is 0. The Hall–Kier alpha value is -2.80. The monoisotopic (exact) mass is 414 g/mol. The largest absolute Gasteiger partial charge is 0.493 e.